The van der Waals surface area contributed by atoms with Crippen LogP contribution >= 0.6 is 24.8 Å². The normalized spacial score (nSPS) is 11.5. The largest absolute Gasteiger partial charge is 0.339 e. The molecule has 5 nitrogen and oxygen atoms in total. The molecule has 7 heteroatoms. The highest BCUT2D eigenvalue weighted by molar-refractivity contribution is 6.34. The highest BCUT2D eigenvalue weighted by atomic mass is 35.5. The fraction of sp³-hybridized carbons (Fsp3) is 0.208. The summed E-state index contributed by atoms with van der Waals surface area (Å²) in [7, 11) is 0. The maximum Gasteiger partial charge on any atom is 0.0967 e. The average molecular weight is 454 g/mol. The number of H-pyrrole nitrogens is 2. The first-order chi connectivity index (χ1) is 14.4. The highest BCUT2D eigenvalue weighted by Crippen LogP contribution is 2.42. The lowest BCUT2D eigenvalue weighted by Gasteiger charge is -2.09. The van der Waals surface area contributed by atoms with E-state index in [0.717, 1.165) is 42.6 Å². The second kappa shape index (κ2) is 8.42. The van der Waals surface area contributed by atoms with Crippen molar-refractivity contribution >= 4 is 79.3 Å². The monoisotopic (exact) mass is 453 g/mol. The van der Waals surface area contributed by atoms with Crippen LogP contribution in [0.5, 0.6) is 0 Å². The molecule has 0 fully saturated rings. The minimum atomic E-state index is 0. The molecule has 160 valence electrons. The number of halogens is 2. The molecule has 6 aromatic rings. The van der Waals surface area contributed by atoms with Gasteiger partial charge in [0, 0.05) is 45.2 Å². The lowest BCUT2D eigenvalue weighted by atomic mass is 10.0. The zero-order valence-electron chi connectivity index (χ0n) is 17.2. The Hall–Kier alpha value is -2.73. The molecule has 0 atom stereocenters. The maximum atomic E-state index is 5.11. The Morgan fingerprint density at radius 1 is 0.935 bits per heavy atom. The first kappa shape index (κ1) is 21.5. The summed E-state index contributed by atoms with van der Waals surface area (Å²) in [6.45, 7) is 5.14. The van der Waals surface area contributed by atoms with E-state index in [9.17, 15) is 0 Å². The number of nitrogens with one attached hydrogen (secondary N) is 3. The van der Waals surface area contributed by atoms with Crippen LogP contribution < -0.4 is 5.32 Å². The van der Waals surface area contributed by atoms with Gasteiger partial charge in [-0.3, -0.25) is 0 Å². The van der Waals surface area contributed by atoms with Crippen molar-refractivity contribution in [3.8, 4) is 0 Å². The molecule has 0 amide bonds. The number of fused-ring (bicyclic) bond motifs is 10. The van der Waals surface area contributed by atoms with E-state index < -0.39 is 0 Å². The maximum absolute atomic E-state index is 5.11. The molecule has 3 aromatic carbocycles. The Morgan fingerprint density at radius 2 is 1.71 bits per heavy atom. The molecule has 6 rings (SSSR count). The topological polar surface area (TPSA) is 61.4 Å². The molecule has 0 aliphatic carbocycles. The molecule has 0 radical (unpaired) electrons. The molecule has 0 spiro atoms. The van der Waals surface area contributed by atoms with Gasteiger partial charge in [0.15, 0.2) is 0 Å². The predicted molar refractivity (Wildman–Crippen MR) is 136 cm³/mol. The molecule has 0 aliphatic rings. The second-order valence-corrected chi connectivity index (χ2v) is 7.65. The highest BCUT2D eigenvalue weighted by Gasteiger charge is 2.21. The third kappa shape index (κ3) is 3.07. The number of aryl methyl sites for hydroxylation is 1. The Bertz CT molecular complexity index is 1510. The third-order valence-electron chi connectivity index (χ3n) is 6.03. The number of aromatic nitrogens is 4. The van der Waals surface area contributed by atoms with E-state index in [1.807, 2.05) is 0 Å². The molecule has 3 N–H and O–H groups in total. The fourth-order valence-corrected chi connectivity index (χ4v) is 4.82. The molecular weight excluding hydrogens is 429 g/mol. The van der Waals surface area contributed by atoms with Gasteiger partial charge in [-0.1, -0.05) is 43.3 Å². The molecule has 0 bridgehead atoms. The zero-order chi connectivity index (χ0) is 19.4. The second-order valence-electron chi connectivity index (χ2n) is 7.65. The third-order valence-corrected chi connectivity index (χ3v) is 6.03. The van der Waals surface area contributed by atoms with Crippen molar-refractivity contribution in [2.24, 2.45) is 0 Å². The fourth-order valence-electron chi connectivity index (χ4n) is 4.82. The summed E-state index contributed by atoms with van der Waals surface area (Å²) in [6.07, 6.45) is 3.15. The Balaban J connectivity index is 0.00000116. The summed E-state index contributed by atoms with van der Waals surface area (Å²) in [5.41, 5.74) is 5.82. The van der Waals surface area contributed by atoms with Crippen LogP contribution in [0.3, 0.4) is 0 Å². The van der Waals surface area contributed by atoms with Gasteiger partial charge in [0.05, 0.1) is 22.1 Å². The van der Waals surface area contributed by atoms with E-state index in [1.165, 1.54) is 38.0 Å². The predicted octanol–water partition coefficient (Wildman–Crippen LogP) is 6.15. The summed E-state index contributed by atoms with van der Waals surface area (Å²) >= 11 is 0. The summed E-state index contributed by atoms with van der Waals surface area (Å²) < 4.78 is 2.47. The van der Waals surface area contributed by atoms with Gasteiger partial charge in [-0.25, -0.2) is 4.98 Å². The Kier molecular flexibility index (Phi) is 5.84. The number of hydrogen-bond donors (Lipinski definition) is 3. The summed E-state index contributed by atoms with van der Waals surface area (Å²) in [6, 6.07) is 17.2. The van der Waals surface area contributed by atoms with Crippen LogP contribution in [0, 0.1) is 0 Å². The van der Waals surface area contributed by atoms with Gasteiger partial charge in [-0.2, -0.15) is 0 Å². The number of hydrogen-bond acceptors (Lipinski definition) is 2. The summed E-state index contributed by atoms with van der Waals surface area (Å²) in [4.78, 5) is 5.11. The number of nitrogens with zero attached hydrogens (tertiary/aromatic N) is 2. The molecule has 3 heterocycles. The van der Waals surface area contributed by atoms with Crippen molar-refractivity contribution in [3.63, 3.8) is 0 Å². The SMILES string of the molecule is CCNCCCn1c2ccccc2c2c3[nH][nH]cc3c3c4ccccc4nc3c21.Cl.Cl. The van der Waals surface area contributed by atoms with E-state index >= 15 is 0 Å². The van der Waals surface area contributed by atoms with Crippen molar-refractivity contribution in [1.82, 2.24) is 25.1 Å². The quantitative estimate of drug-likeness (QED) is 0.274. The van der Waals surface area contributed by atoms with Gasteiger partial charge in [-0.05, 0) is 31.6 Å². The van der Waals surface area contributed by atoms with Crippen LogP contribution in [-0.4, -0.2) is 32.8 Å². The number of aromatic amines is 2. The van der Waals surface area contributed by atoms with Gasteiger partial charge in [-0.15, -0.1) is 24.8 Å². The standard InChI is InChI=1S/C24H23N5.2ClH/c1-2-25-12-7-13-29-19-11-6-4-9-16(19)21-22-17(14-26-28-22)20-15-8-3-5-10-18(15)27-23(20)24(21)29;;/h3-6,8-11,14,25-26,28H,2,7,12-13H2,1H3;2*1H. The zero-order valence-corrected chi connectivity index (χ0v) is 18.9. The molecule has 0 saturated heterocycles. The van der Waals surface area contributed by atoms with Crippen LogP contribution in [-0.2, 0) is 6.54 Å². The van der Waals surface area contributed by atoms with Gasteiger partial charge in [0.25, 0.3) is 0 Å². The van der Waals surface area contributed by atoms with Gasteiger partial charge in [0.1, 0.15) is 0 Å². The Morgan fingerprint density at radius 3 is 2.55 bits per heavy atom. The van der Waals surface area contributed by atoms with Crippen LogP contribution in [0.25, 0.3) is 54.5 Å². The van der Waals surface area contributed by atoms with Gasteiger partial charge < -0.3 is 20.1 Å². The van der Waals surface area contributed by atoms with E-state index in [1.54, 1.807) is 0 Å². The van der Waals surface area contributed by atoms with E-state index in [-0.39, 0.29) is 24.8 Å². The lowest BCUT2D eigenvalue weighted by molar-refractivity contribution is 0.612. The lowest BCUT2D eigenvalue weighted by Crippen LogP contribution is -2.15. The minimum Gasteiger partial charge on any atom is -0.339 e. The van der Waals surface area contributed by atoms with Crippen LogP contribution in [0.15, 0.2) is 54.7 Å². The summed E-state index contributed by atoms with van der Waals surface area (Å²) in [5.74, 6) is 0. The smallest absolute Gasteiger partial charge is 0.0967 e. The summed E-state index contributed by atoms with van der Waals surface area (Å²) in [5, 5.41) is 16.3. The van der Waals surface area contributed by atoms with Crippen molar-refractivity contribution in [2.75, 3.05) is 13.1 Å². The van der Waals surface area contributed by atoms with Crippen molar-refractivity contribution in [3.05, 3.63) is 54.7 Å². The van der Waals surface area contributed by atoms with Crippen molar-refractivity contribution in [1.29, 1.82) is 0 Å². The van der Waals surface area contributed by atoms with E-state index in [4.69, 9.17) is 4.98 Å². The first-order valence-corrected chi connectivity index (χ1v) is 10.4. The van der Waals surface area contributed by atoms with E-state index in [0.29, 0.717) is 0 Å². The van der Waals surface area contributed by atoms with Gasteiger partial charge >= 0.3 is 0 Å². The minimum absolute atomic E-state index is 0. The van der Waals surface area contributed by atoms with Crippen LogP contribution in [0.1, 0.15) is 13.3 Å². The number of benzene rings is 3. The molecule has 0 unspecified atom stereocenters. The van der Waals surface area contributed by atoms with Gasteiger partial charge in [0.2, 0.25) is 0 Å². The Labute approximate surface area is 192 Å². The van der Waals surface area contributed by atoms with Crippen molar-refractivity contribution in [2.45, 2.75) is 19.9 Å². The molecule has 0 saturated carbocycles. The average Bonchev–Trinajstić information content (AvgIpc) is 3.44. The molecule has 0 aliphatic heterocycles. The van der Waals surface area contributed by atoms with Crippen molar-refractivity contribution < 1.29 is 0 Å². The molecular formula is C24H25Cl2N5. The van der Waals surface area contributed by atoms with Crippen LogP contribution in [0.2, 0.25) is 0 Å². The van der Waals surface area contributed by atoms with E-state index in [2.05, 4.69) is 81.7 Å². The number of rotatable bonds is 5. The van der Waals surface area contributed by atoms with Crippen LogP contribution in [0.4, 0.5) is 0 Å². The number of para-hydroxylation sites is 2. The molecule has 3 aromatic heterocycles. The molecule has 31 heavy (non-hydrogen) atoms. The first-order valence-electron chi connectivity index (χ1n) is 10.4.